The minimum Gasteiger partial charge on any atom is -0.421 e. The van der Waals surface area contributed by atoms with Crippen molar-refractivity contribution in [2.24, 2.45) is 5.92 Å². The molecule has 0 aliphatic carbocycles. The first kappa shape index (κ1) is 15.7. The number of nitrogens with zero attached hydrogens (tertiary/aromatic N) is 3. The predicted molar refractivity (Wildman–Crippen MR) is 87.8 cm³/mol. The normalized spacial score (nSPS) is 18.2. The van der Waals surface area contributed by atoms with Crippen LogP contribution in [0.5, 0.6) is 0 Å². The van der Waals surface area contributed by atoms with Crippen LogP contribution in [0.3, 0.4) is 0 Å². The molecular weight excluding hydrogens is 290 g/mol. The highest BCUT2D eigenvalue weighted by molar-refractivity contribution is 5.76. The van der Waals surface area contributed by atoms with Crippen molar-refractivity contribution in [1.29, 1.82) is 0 Å². The van der Waals surface area contributed by atoms with Crippen molar-refractivity contribution in [3.8, 4) is 11.5 Å². The molecule has 1 amide bonds. The van der Waals surface area contributed by atoms with Gasteiger partial charge in [-0.05, 0) is 37.3 Å². The van der Waals surface area contributed by atoms with E-state index in [1.807, 2.05) is 36.1 Å². The number of hydrogen-bond acceptors (Lipinski definition) is 4. The van der Waals surface area contributed by atoms with Crippen molar-refractivity contribution >= 4 is 5.91 Å². The third kappa shape index (κ3) is 3.78. The van der Waals surface area contributed by atoms with Crippen molar-refractivity contribution < 1.29 is 9.21 Å². The van der Waals surface area contributed by atoms with E-state index in [9.17, 15) is 4.79 Å². The summed E-state index contributed by atoms with van der Waals surface area (Å²) in [6.45, 7) is 5.96. The zero-order chi connectivity index (χ0) is 16.2. The largest absolute Gasteiger partial charge is 0.421 e. The van der Waals surface area contributed by atoms with Crippen LogP contribution in [-0.2, 0) is 11.2 Å². The van der Waals surface area contributed by atoms with Gasteiger partial charge in [0, 0.05) is 31.5 Å². The molecule has 1 fully saturated rings. The molecule has 1 atom stereocenters. The number of benzene rings is 1. The first-order chi connectivity index (χ1) is 11.1. The van der Waals surface area contributed by atoms with Crippen LogP contribution in [0.1, 0.15) is 37.6 Å². The Morgan fingerprint density at radius 2 is 2.17 bits per heavy atom. The van der Waals surface area contributed by atoms with Crippen LogP contribution in [-0.4, -0.2) is 34.1 Å². The molecule has 2 aromatic rings. The van der Waals surface area contributed by atoms with Gasteiger partial charge in [0.25, 0.3) is 0 Å². The summed E-state index contributed by atoms with van der Waals surface area (Å²) in [6.07, 6.45) is 3.25. The molecule has 0 saturated carbocycles. The Morgan fingerprint density at radius 1 is 1.35 bits per heavy atom. The van der Waals surface area contributed by atoms with Crippen molar-refractivity contribution in [3.63, 3.8) is 0 Å². The van der Waals surface area contributed by atoms with Crippen LogP contribution < -0.4 is 0 Å². The minimum absolute atomic E-state index is 0.187. The van der Waals surface area contributed by atoms with Gasteiger partial charge in [0.15, 0.2) is 0 Å². The molecule has 1 unspecified atom stereocenters. The first-order valence-electron chi connectivity index (χ1n) is 8.29. The maximum Gasteiger partial charge on any atom is 0.247 e. The van der Waals surface area contributed by atoms with E-state index in [1.165, 1.54) is 6.42 Å². The number of aryl methyl sites for hydroxylation is 2. The van der Waals surface area contributed by atoms with Crippen molar-refractivity contribution in [2.75, 3.05) is 13.1 Å². The Hall–Kier alpha value is -2.17. The number of aromatic nitrogens is 2. The predicted octanol–water partition coefficient (Wildman–Crippen LogP) is 3.24. The van der Waals surface area contributed by atoms with Gasteiger partial charge in [-0.15, -0.1) is 10.2 Å². The Labute approximate surface area is 136 Å². The Bertz CT molecular complexity index is 680. The quantitative estimate of drug-likeness (QED) is 0.869. The average molecular weight is 313 g/mol. The molecule has 2 heterocycles. The van der Waals surface area contributed by atoms with E-state index < -0.39 is 0 Å². The van der Waals surface area contributed by atoms with Gasteiger partial charge in [-0.1, -0.05) is 25.1 Å². The summed E-state index contributed by atoms with van der Waals surface area (Å²) in [5.74, 6) is 1.84. The van der Waals surface area contributed by atoms with Gasteiger partial charge >= 0.3 is 0 Å². The number of hydrogen-bond donors (Lipinski definition) is 0. The Kier molecular flexibility index (Phi) is 4.74. The highest BCUT2D eigenvalue weighted by Crippen LogP contribution is 2.22. The highest BCUT2D eigenvalue weighted by Gasteiger charge is 2.21. The second kappa shape index (κ2) is 6.94. The maximum atomic E-state index is 12.3. The summed E-state index contributed by atoms with van der Waals surface area (Å²) in [7, 11) is 0. The third-order valence-corrected chi connectivity index (χ3v) is 4.40. The van der Waals surface area contributed by atoms with Crippen LogP contribution in [0.15, 0.2) is 28.7 Å². The minimum atomic E-state index is 0.187. The molecule has 3 rings (SSSR count). The second-order valence-corrected chi connectivity index (χ2v) is 6.40. The monoisotopic (exact) mass is 313 g/mol. The Morgan fingerprint density at radius 3 is 2.96 bits per heavy atom. The summed E-state index contributed by atoms with van der Waals surface area (Å²) in [5.41, 5.74) is 2.04. The van der Waals surface area contributed by atoms with E-state index in [2.05, 4.69) is 17.1 Å². The SMILES string of the molecule is Cc1ccccc1-c1nnc(CCC(=O)N2CCCC(C)C2)o1. The van der Waals surface area contributed by atoms with E-state index in [1.54, 1.807) is 0 Å². The second-order valence-electron chi connectivity index (χ2n) is 6.40. The lowest BCUT2D eigenvalue weighted by atomic mass is 10.00. The Balaban J connectivity index is 1.59. The number of carbonyl (C=O) groups excluding carboxylic acids is 1. The van der Waals surface area contributed by atoms with Gasteiger partial charge in [-0.25, -0.2) is 0 Å². The summed E-state index contributed by atoms with van der Waals surface area (Å²) in [5, 5.41) is 8.19. The van der Waals surface area contributed by atoms with Crippen LogP contribution in [0.2, 0.25) is 0 Å². The molecule has 1 aliphatic rings. The average Bonchev–Trinajstić information content (AvgIpc) is 3.02. The summed E-state index contributed by atoms with van der Waals surface area (Å²) < 4.78 is 5.72. The summed E-state index contributed by atoms with van der Waals surface area (Å²) >= 11 is 0. The van der Waals surface area contributed by atoms with Crippen molar-refractivity contribution in [2.45, 2.75) is 39.5 Å². The molecule has 0 bridgehead atoms. The van der Waals surface area contributed by atoms with Gasteiger partial charge in [0.05, 0.1) is 0 Å². The van der Waals surface area contributed by atoms with E-state index in [-0.39, 0.29) is 5.91 Å². The van der Waals surface area contributed by atoms with Crippen LogP contribution in [0, 0.1) is 12.8 Å². The number of likely N-dealkylation sites (tertiary alicyclic amines) is 1. The highest BCUT2D eigenvalue weighted by atomic mass is 16.4. The zero-order valence-corrected chi connectivity index (χ0v) is 13.8. The number of carbonyl (C=O) groups is 1. The molecule has 0 spiro atoms. The molecular formula is C18H23N3O2. The van der Waals surface area contributed by atoms with Crippen LogP contribution in [0.4, 0.5) is 0 Å². The van der Waals surface area contributed by atoms with E-state index in [0.717, 1.165) is 30.6 Å². The van der Waals surface area contributed by atoms with Gasteiger partial charge in [-0.2, -0.15) is 0 Å². The molecule has 0 N–H and O–H groups in total. The molecule has 1 aromatic carbocycles. The fraction of sp³-hybridized carbons (Fsp3) is 0.500. The third-order valence-electron chi connectivity index (χ3n) is 4.40. The number of rotatable bonds is 4. The lowest BCUT2D eigenvalue weighted by Gasteiger charge is -2.30. The molecule has 5 nitrogen and oxygen atoms in total. The summed E-state index contributed by atoms with van der Waals surface area (Å²) in [4.78, 5) is 14.2. The van der Waals surface area contributed by atoms with Crippen LogP contribution in [0.25, 0.3) is 11.5 Å². The molecule has 0 radical (unpaired) electrons. The van der Waals surface area contributed by atoms with Crippen LogP contribution >= 0.6 is 0 Å². The lowest BCUT2D eigenvalue weighted by molar-refractivity contribution is -0.132. The summed E-state index contributed by atoms with van der Waals surface area (Å²) in [6, 6.07) is 7.91. The fourth-order valence-corrected chi connectivity index (χ4v) is 3.06. The zero-order valence-electron chi connectivity index (χ0n) is 13.8. The number of piperidine rings is 1. The van der Waals surface area contributed by atoms with E-state index in [4.69, 9.17) is 4.42 Å². The van der Waals surface area contributed by atoms with Gasteiger partial charge in [0.2, 0.25) is 17.7 Å². The molecule has 5 heteroatoms. The fourth-order valence-electron chi connectivity index (χ4n) is 3.06. The lowest BCUT2D eigenvalue weighted by Crippen LogP contribution is -2.39. The molecule has 1 aromatic heterocycles. The van der Waals surface area contributed by atoms with E-state index in [0.29, 0.717) is 30.5 Å². The molecule has 1 saturated heterocycles. The molecule has 1 aliphatic heterocycles. The number of amides is 1. The maximum absolute atomic E-state index is 12.3. The van der Waals surface area contributed by atoms with Gasteiger partial charge in [-0.3, -0.25) is 4.79 Å². The first-order valence-corrected chi connectivity index (χ1v) is 8.29. The van der Waals surface area contributed by atoms with Gasteiger partial charge < -0.3 is 9.32 Å². The van der Waals surface area contributed by atoms with Crippen molar-refractivity contribution in [3.05, 3.63) is 35.7 Å². The van der Waals surface area contributed by atoms with E-state index >= 15 is 0 Å². The topological polar surface area (TPSA) is 59.2 Å². The standard InChI is InChI=1S/C18H23N3O2/c1-13-6-5-11-21(12-13)17(22)10-9-16-19-20-18(23-16)15-8-4-3-7-14(15)2/h3-4,7-8,13H,5-6,9-12H2,1-2H3. The molecule has 23 heavy (non-hydrogen) atoms. The van der Waals surface area contributed by atoms with Crippen molar-refractivity contribution in [1.82, 2.24) is 15.1 Å². The smallest absolute Gasteiger partial charge is 0.247 e. The molecule has 122 valence electrons. The van der Waals surface area contributed by atoms with Gasteiger partial charge in [0.1, 0.15) is 0 Å².